The van der Waals surface area contributed by atoms with E-state index in [1.165, 1.54) is 11.1 Å². The number of nitrogens with one attached hydrogen (secondary N) is 2. The Morgan fingerprint density at radius 3 is 2.56 bits per heavy atom. The third-order valence-corrected chi connectivity index (χ3v) is 5.36. The SMILES string of the molecule is Cc1ccc(CNc2nc(Nc3ccc4c(c3)OCCO4)nc3c2ncn3C(C)C)cc1. The first-order valence-corrected chi connectivity index (χ1v) is 10.8. The van der Waals surface area contributed by atoms with Crippen molar-refractivity contribution < 1.29 is 9.47 Å². The zero-order chi connectivity index (χ0) is 22.1. The fourth-order valence-corrected chi connectivity index (χ4v) is 3.62. The minimum atomic E-state index is 0.224. The minimum Gasteiger partial charge on any atom is -0.486 e. The van der Waals surface area contributed by atoms with Crippen LogP contribution < -0.4 is 20.1 Å². The molecule has 0 spiro atoms. The largest absolute Gasteiger partial charge is 0.486 e. The highest BCUT2D eigenvalue weighted by atomic mass is 16.6. The van der Waals surface area contributed by atoms with Gasteiger partial charge in [-0.05, 0) is 38.5 Å². The maximum atomic E-state index is 5.70. The van der Waals surface area contributed by atoms with E-state index in [9.17, 15) is 0 Å². The third kappa shape index (κ3) is 4.03. The second-order valence-electron chi connectivity index (χ2n) is 8.14. The van der Waals surface area contributed by atoms with Gasteiger partial charge in [0.05, 0.1) is 6.33 Å². The molecule has 2 aromatic carbocycles. The van der Waals surface area contributed by atoms with Crippen LogP contribution in [0.15, 0.2) is 48.8 Å². The van der Waals surface area contributed by atoms with Crippen molar-refractivity contribution >= 4 is 28.6 Å². The summed E-state index contributed by atoms with van der Waals surface area (Å²) < 4.78 is 13.4. The lowest BCUT2D eigenvalue weighted by atomic mass is 10.1. The van der Waals surface area contributed by atoms with Crippen LogP contribution in [0.1, 0.15) is 31.0 Å². The molecule has 8 heteroatoms. The van der Waals surface area contributed by atoms with Gasteiger partial charge < -0.3 is 24.7 Å². The van der Waals surface area contributed by atoms with E-state index in [-0.39, 0.29) is 6.04 Å². The van der Waals surface area contributed by atoms with E-state index in [4.69, 9.17) is 19.4 Å². The van der Waals surface area contributed by atoms with Crippen molar-refractivity contribution in [3.8, 4) is 11.5 Å². The van der Waals surface area contributed by atoms with E-state index < -0.39 is 0 Å². The predicted octanol–water partition coefficient (Wildman–Crippen LogP) is 4.84. The van der Waals surface area contributed by atoms with Gasteiger partial charge in [0.15, 0.2) is 28.5 Å². The minimum absolute atomic E-state index is 0.224. The maximum absolute atomic E-state index is 5.70. The summed E-state index contributed by atoms with van der Waals surface area (Å²) in [5, 5.41) is 6.75. The summed E-state index contributed by atoms with van der Waals surface area (Å²) in [6.07, 6.45) is 1.81. The number of aryl methyl sites for hydroxylation is 1. The maximum Gasteiger partial charge on any atom is 0.231 e. The van der Waals surface area contributed by atoms with E-state index in [0.717, 1.165) is 22.6 Å². The average Bonchev–Trinajstić information content (AvgIpc) is 3.23. The van der Waals surface area contributed by atoms with Crippen LogP contribution in [0.3, 0.4) is 0 Å². The highest BCUT2D eigenvalue weighted by Gasteiger charge is 2.16. The van der Waals surface area contributed by atoms with Crippen LogP contribution in [0.4, 0.5) is 17.5 Å². The van der Waals surface area contributed by atoms with Crippen LogP contribution in [0.5, 0.6) is 11.5 Å². The summed E-state index contributed by atoms with van der Waals surface area (Å²) in [6.45, 7) is 8.05. The van der Waals surface area contributed by atoms with Crippen molar-refractivity contribution in [3.05, 3.63) is 59.9 Å². The first kappa shape index (κ1) is 20.1. The molecule has 5 rings (SSSR count). The molecule has 0 unspecified atom stereocenters. The van der Waals surface area contributed by atoms with Crippen molar-refractivity contribution in [1.82, 2.24) is 19.5 Å². The Balaban J connectivity index is 1.48. The standard InChI is InChI=1S/C24H26N6O2/c1-15(2)30-14-26-21-22(25-13-17-6-4-16(3)5-7-17)28-24(29-23(21)30)27-18-8-9-19-20(12-18)32-11-10-31-19/h4-9,12,14-15H,10-11,13H2,1-3H3,(H2,25,27,28,29). The molecule has 0 saturated heterocycles. The van der Waals surface area contributed by atoms with Crippen LogP contribution in [0.2, 0.25) is 0 Å². The molecular weight excluding hydrogens is 404 g/mol. The number of benzene rings is 2. The van der Waals surface area contributed by atoms with Crippen molar-refractivity contribution in [2.45, 2.75) is 33.4 Å². The highest BCUT2D eigenvalue weighted by Crippen LogP contribution is 2.34. The van der Waals surface area contributed by atoms with Crippen molar-refractivity contribution in [1.29, 1.82) is 0 Å². The molecule has 4 aromatic rings. The number of fused-ring (bicyclic) bond motifs is 2. The molecule has 1 aliphatic heterocycles. The molecule has 2 N–H and O–H groups in total. The van der Waals surface area contributed by atoms with E-state index in [2.05, 4.69) is 60.7 Å². The lowest BCUT2D eigenvalue weighted by Gasteiger charge is -2.19. The molecule has 0 fully saturated rings. The van der Waals surface area contributed by atoms with Crippen molar-refractivity contribution in [2.75, 3.05) is 23.8 Å². The molecule has 0 bridgehead atoms. The zero-order valence-corrected chi connectivity index (χ0v) is 18.4. The molecule has 164 valence electrons. The van der Waals surface area contributed by atoms with Crippen LogP contribution in [0, 0.1) is 6.92 Å². The Morgan fingerprint density at radius 2 is 1.78 bits per heavy atom. The summed E-state index contributed by atoms with van der Waals surface area (Å²) in [5.41, 5.74) is 4.76. The number of anilines is 3. The van der Waals surface area contributed by atoms with E-state index in [0.29, 0.717) is 37.3 Å². The molecule has 0 atom stereocenters. The number of hydrogen-bond acceptors (Lipinski definition) is 7. The molecule has 0 radical (unpaired) electrons. The molecule has 32 heavy (non-hydrogen) atoms. The molecule has 2 aromatic heterocycles. The predicted molar refractivity (Wildman–Crippen MR) is 125 cm³/mol. The fraction of sp³-hybridized carbons (Fsp3) is 0.292. The Kier molecular flexibility index (Phi) is 5.26. The Hall–Kier alpha value is -3.81. The van der Waals surface area contributed by atoms with Gasteiger partial charge in [-0.15, -0.1) is 0 Å². The zero-order valence-electron chi connectivity index (χ0n) is 18.4. The fourth-order valence-electron chi connectivity index (χ4n) is 3.62. The Bertz CT molecular complexity index is 1250. The molecule has 0 saturated carbocycles. The van der Waals surface area contributed by atoms with Crippen LogP contribution in [-0.4, -0.2) is 32.7 Å². The van der Waals surface area contributed by atoms with Gasteiger partial charge in [0.2, 0.25) is 5.95 Å². The lowest BCUT2D eigenvalue weighted by molar-refractivity contribution is 0.171. The number of imidazole rings is 1. The number of rotatable bonds is 6. The van der Waals surface area contributed by atoms with Crippen LogP contribution >= 0.6 is 0 Å². The number of aromatic nitrogens is 4. The molecule has 8 nitrogen and oxygen atoms in total. The summed E-state index contributed by atoms with van der Waals surface area (Å²) in [4.78, 5) is 14.1. The monoisotopic (exact) mass is 430 g/mol. The van der Waals surface area contributed by atoms with E-state index >= 15 is 0 Å². The quantitative estimate of drug-likeness (QED) is 0.452. The summed E-state index contributed by atoms with van der Waals surface area (Å²) >= 11 is 0. The van der Waals surface area contributed by atoms with Crippen LogP contribution in [0.25, 0.3) is 11.2 Å². The third-order valence-electron chi connectivity index (χ3n) is 5.36. The topological polar surface area (TPSA) is 86.1 Å². The molecule has 1 aliphatic rings. The van der Waals surface area contributed by atoms with Crippen molar-refractivity contribution in [2.24, 2.45) is 0 Å². The van der Waals surface area contributed by atoms with Gasteiger partial charge in [0.1, 0.15) is 13.2 Å². The second-order valence-corrected chi connectivity index (χ2v) is 8.14. The van der Waals surface area contributed by atoms with E-state index in [1.54, 1.807) is 0 Å². The van der Waals surface area contributed by atoms with Crippen molar-refractivity contribution in [3.63, 3.8) is 0 Å². The van der Waals surface area contributed by atoms with Gasteiger partial charge in [-0.3, -0.25) is 0 Å². The molecule has 3 heterocycles. The van der Waals surface area contributed by atoms with E-state index in [1.807, 2.05) is 29.1 Å². The number of nitrogens with zero attached hydrogens (tertiary/aromatic N) is 4. The van der Waals surface area contributed by atoms with Gasteiger partial charge in [-0.25, -0.2) is 4.98 Å². The number of ether oxygens (including phenoxy) is 2. The summed E-state index contributed by atoms with van der Waals surface area (Å²) in [6, 6.07) is 14.4. The van der Waals surface area contributed by atoms with Crippen LogP contribution in [-0.2, 0) is 6.54 Å². The smallest absolute Gasteiger partial charge is 0.231 e. The Labute approximate surface area is 186 Å². The first-order valence-electron chi connectivity index (χ1n) is 10.8. The Morgan fingerprint density at radius 1 is 1.00 bits per heavy atom. The lowest BCUT2D eigenvalue weighted by Crippen LogP contribution is -2.15. The van der Waals surface area contributed by atoms with Gasteiger partial charge in [0, 0.05) is 24.3 Å². The molecule has 0 amide bonds. The van der Waals surface area contributed by atoms with Gasteiger partial charge >= 0.3 is 0 Å². The van der Waals surface area contributed by atoms with Gasteiger partial charge in [0.25, 0.3) is 0 Å². The molecule has 0 aliphatic carbocycles. The summed E-state index contributed by atoms with van der Waals surface area (Å²) in [5.74, 6) is 2.64. The second kappa shape index (κ2) is 8.37. The normalized spacial score (nSPS) is 12.9. The number of hydrogen-bond donors (Lipinski definition) is 2. The average molecular weight is 431 g/mol. The molecular formula is C24H26N6O2. The van der Waals surface area contributed by atoms with Gasteiger partial charge in [-0.1, -0.05) is 29.8 Å². The first-order chi connectivity index (χ1) is 15.6. The highest BCUT2D eigenvalue weighted by molar-refractivity contribution is 5.85. The van der Waals surface area contributed by atoms with Gasteiger partial charge in [-0.2, -0.15) is 9.97 Å². The summed E-state index contributed by atoms with van der Waals surface area (Å²) in [7, 11) is 0.